The van der Waals surface area contributed by atoms with Gasteiger partial charge < -0.3 is 15.1 Å². The van der Waals surface area contributed by atoms with E-state index in [0.717, 1.165) is 38.2 Å². The van der Waals surface area contributed by atoms with Crippen molar-refractivity contribution >= 4 is 23.6 Å². The van der Waals surface area contributed by atoms with Crippen molar-refractivity contribution in [2.45, 2.75) is 45.7 Å². The number of likely N-dealkylation sites (N-methyl/N-ethyl adjacent to an activating group) is 1. The number of nitrogens with one attached hydrogen (secondary N) is 1. The van der Waals surface area contributed by atoms with Crippen molar-refractivity contribution in [2.75, 3.05) is 43.4 Å². The molecule has 3 heterocycles. The fourth-order valence-corrected chi connectivity index (χ4v) is 4.57. The maximum Gasteiger partial charge on any atom is 0.253 e. The fraction of sp³-hybridized carbons (Fsp3) is 0.520. The van der Waals surface area contributed by atoms with Gasteiger partial charge in [-0.05, 0) is 50.1 Å². The zero-order valence-corrected chi connectivity index (χ0v) is 20.0. The molecule has 1 aromatic heterocycles. The van der Waals surface area contributed by atoms with Gasteiger partial charge in [0.05, 0.1) is 6.04 Å². The van der Waals surface area contributed by atoms with Crippen molar-refractivity contribution in [3.05, 3.63) is 47.7 Å². The van der Waals surface area contributed by atoms with Gasteiger partial charge in [-0.3, -0.25) is 14.5 Å². The maximum atomic E-state index is 12.8. The molecule has 2 amide bonds. The van der Waals surface area contributed by atoms with Crippen LogP contribution < -0.4 is 10.2 Å². The summed E-state index contributed by atoms with van der Waals surface area (Å²) in [6.07, 6.45) is 3.11. The Morgan fingerprint density at radius 3 is 2.42 bits per heavy atom. The summed E-state index contributed by atoms with van der Waals surface area (Å²) in [5.74, 6) is 1.70. The van der Waals surface area contributed by atoms with E-state index in [1.807, 2.05) is 41.0 Å². The van der Waals surface area contributed by atoms with E-state index >= 15 is 0 Å². The van der Waals surface area contributed by atoms with E-state index in [-0.39, 0.29) is 23.9 Å². The first-order valence-electron chi connectivity index (χ1n) is 11.8. The van der Waals surface area contributed by atoms with E-state index in [0.29, 0.717) is 29.7 Å². The number of carbonyl (C=O) groups is 2. The van der Waals surface area contributed by atoms with Crippen molar-refractivity contribution in [1.82, 2.24) is 19.8 Å². The molecule has 1 N–H and O–H groups in total. The minimum atomic E-state index is -0.0526. The molecule has 0 bridgehead atoms. The first-order chi connectivity index (χ1) is 15.8. The Bertz CT molecular complexity index is 985. The van der Waals surface area contributed by atoms with E-state index in [4.69, 9.17) is 0 Å². The van der Waals surface area contributed by atoms with Gasteiger partial charge in [-0.15, -0.1) is 0 Å². The van der Waals surface area contributed by atoms with Gasteiger partial charge >= 0.3 is 0 Å². The molecular formula is C25H34N6O2. The Morgan fingerprint density at radius 2 is 1.76 bits per heavy atom. The quantitative estimate of drug-likeness (QED) is 0.728. The van der Waals surface area contributed by atoms with Crippen LogP contribution >= 0.6 is 0 Å². The van der Waals surface area contributed by atoms with Crippen LogP contribution in [0.4, 0.5) is 11.8 Å². The summed E-state index contributed by atoms with van der Waals surface area (Å²) in [5.41, 5.74) is 1.75. The minimum Gasteiger partial charge on any atom is -0.348 e. The van der Waals surface area contributed by atoms with Gasteiger partial charge in [-0.1, -0.05) is 26.0 Å². The second-order valence-corrected chi connectivity index (χ2v) is 9.44. The van der Waals surface area contributed by atoms with Crippen LogP contribution in [0.25, 0.3) is 0 Å². The molecular weight excluding hydrogens is 416 g/mol. The molecule has 33 heavy (non-hydrogen) atoms. The molecule has 0 spiro atoms. The predicted molar refractivity (Wildman–Crippen MR) is 129 cm³/mol. The largest absolute Gasteiger partial charge is 0.348 e. The van der Waals surface area contributed by atoms with Crippen molar-refractivity contribution in [1.29, 1.82) is 0 Å². The number of nitrogens with zero attached hydrogens (tertiary/aromatic N) is 5. The monoisotopic (exact) mass is 450 g/mol. The number of piperazine rings is 1. The molecule has 2 aromatic rings. The van der Waals surface area contributed by atoms with Crippen molar-refractivity contribution < 1.29 is 9.59 Å². The van der Waals surface area contributed by atoms with E-state index in [1.54, 1.807) is 12.3 Å². The molecule has 2 fully saturated rings. The topological polar surface area (TPSA) is 81.7 Å². The Labute approximate surface area is 196 Å². The fourth-order valence-electron chi connectivity index (χ4n) is 4.57. The third kappa shape index (κ3) is 5.16. The summed E-state index contributed by atoms with van der Waals surface area (Å²) in [7, 11) is 2.08. The molecule has 2 atom stereocenters. The smallest absolute Gasteiger partial charge is 0.253 e. The summed E-state index contributed by atoms with van der Waals surface area (Å²) in [6.45, 7) is 9.65. The van der Waals surface area contributed by atoms with Crippen LogP contribution in [0.15, 0.2) is 36.5 Å². The molecule has 0 radical (unpaired) electrons. The average Bonchev–Trinajstić information content (AvgIpc) is 3.21. The lowest BCUT2D eigenvalue weighted by atomic mass is 10.0. The summed E-state index contributed by atoms with van der Waals surface area (Å²) in [4.78, 5) is 40.2. The van der Waals surface area contributed by atoms with Crippen molar-refractivity contribution in [2.24, 2.45) is 5.92 Å². The van der Waals surface area contributed by atoms with Crippen LogP contribution in [0.3, 0.4) is 0 Å². The number of hydrogen-bond acceptors (Lipinski definition) is 6. The normalized spacial score (nSPS) is 20.4. The van der Waals surface area contributed by atoms with Crippen LogP contribution in [-0.4, -0.2) is 70.9 Å². The Hall–Kier alpha value is -3.00. The highest BCUT2D eigenvalue weighted by Gasteiger charge is 2.35. The lowest BCUT2D eigenvalue weighted by Gasteiger charge is -2.32. The number of hydrogen-bond donors (Lipinski definition) is 1. The van der Waals surface area contributed by atoms with Crippen molar-refractivity contribution in [3.8, 4) is 0 Å². The van der Waals surface area contributed by atoms with E-state index < -0.39 is 0 Å². The average molecular weight is 451 g/mol. The van der Waals surface area contributed by atoms with Gasteiger partial charge in [0.2, 0.25) is 11.9 Å². The van der Waals surface area contributed by atoms with Gasteiger partial charge in [0.15, 0.2) is 0 Å². The molecule has 2 saturated heterocycles. The van der Waals surface area contributed by atoms with Crippen molar-refractivity contribution in [3.63, 3.8) is 0 Å². The van der Waals surface area contributed by atoms with Gasteiger partial charge in [-0.25, -0.2) is 4.98 Å². The molecule has 176 valence electrons. The highest BCUT2D eigenvalue weighted by molar-refractivity contribution is 5.95. The number of aromatic nitrogens is 2. The standard InChI is InChI=1S/C25H34N6O2/c1-17(2)21-9-10-23(32)31(21)22-11-12-26-25(28-22)27-18(3)19-5-7-20(8-6-19)24(33)30-15-13-29(4)14-16-30/h5-8,11-12,17-18,21H,9-10,13-16H2,1-4H3,(H,26,27,28)/t18-,21+/m0/s1. The van der Waals surface area contributed by atoms with Crippen LogP contribution in [0.2, 0.25) is 0 Å². The SMILES string of the molecule is CC(C)[C@H]1CCC(=O)N1c1ccnc(N[C@@H](C)c2ccc(C(=O)N3CCN(C)CC3)cc2)n1. The highest BCUT2D eigenvalue weighted by atomic mass is 16.2. The number of rotatable bonds is 6. The summed E-state index contributed by atoms with van der Waals surface area (Å²) in [6, 6.07) is 9.65. The van der Waals surface area contributed by atoms with Gasteiger partial charge in [0, 0.05) is 50.4 Å². The molecule has 8 nitrogen and oxygen atoms in total. The predicted octanol–water partition coefficient (Wildman–Crippen LogP) is 3.19. The van der Waals surface area contributed by atoms with Crippen LogP contribution in [-0.2, 0) is 4.79 Å². The highest BCUT2D eigenvalue weighted by Crippen LogP contribution is 2.30. The summed E-state index contributed by atoms with van der Waals surface area (Å²) >= 11 is 0. The number of carbonyl (C=O) groups excluding carboxylic acids is 2. The van der Waals surface area contributed by atoms with Crippen LogP contribution in [0.1, 0.15) is 55.6 Å². The van der Waals surface area contributed by atoms with Gasteiger partial charge in [-0.2, -0.15) is 4.98 Å². The van der Waals surface area contributed by atoms with E-state index in [2.05, 4.69) is 41.1 Å². The molecule has 8 heteroatoms. The first kappa shape index (κ1) is 23.2. The lowest BCUT2D eigenvalue weighted by Crippen LogP contribution is -2.47. The second kappa shape index (κ2) is 9.87. The molecule has 0 saturated carbocycles. The Kier molecular flexibility index (Phi) is 6.93. The number of amides is 2. The third-order valence-corrected chi connectivity index (χ3v) is 6.71. The molecule has 1 aromatic carbocycles. The van der Waals surface area contributed by atoms with Gasteiger partial charge in [0.1, 0.15) is 5.82 Å². The van der Waals surface area contributed by atoms with Crippen LogP contribution in [0, 0.1) is 5.92 Å². The molecule has 0 unspecified atom stereocenters. The number of anilines is 2. The number of benzene rings is 1. The molecule has 4 rings (SSSR count). The Morgan fingerprint density at radius 1 is 1.06 bits per heavy atom. The van der Waals surface area contributed by atoms with Crippen LogP contribution in [0.5, 0.6) is 0 Å². The zero-order valence-electron chi connectivity index (χ0n) is 20.0. The summed E-state index contributed by atoms with van der Waals surface area (Å²) in [5, 5.41) is 3.34. The Balaban J connectivity index is 1.42. The third-order valence-electron chi connectivity index (χ3n) is 6.71. The minimum absolute atomic E-state index is 0.0526. The summed E-state index contributed by atoms with van der Waals surface area (Å²) < 4.78 is 0. The lowest BCUT2D eigenvalue weighted by molar-refractivity contribution is -0.117. The molecule has 2 aliphatic rings. The first-order valence-corrected chi connectivity index (χ1v) is 11.8. The molecule has 2 aliphatic heterocycles. The molecule has 0 aliphatic carbocycles. The maximum absolute atomic E-state index is 12.8. The van der Waals surface area contributed by atoms with E-state index in [1.165, 1.54) is 0 Å². The van der Waals surface area contributed by atoms with Gasteiger partial charge in [0.25, 0.3) is 5.91 Å². The van der Waals surface area contributed by atoms with E-state index in [9.17, 15) is 9.59 Å². The zero-order chi connectivity index (χ0) is 23.5. The second-order valence-electron chi connectivity index (χ2n) is 9.44.